The van der Waals surface area contributed by atoms with E-state index in [0.717, 1.165) is 11.4 Å². The van der Waals surface area contributed by atoms with Gasteiger partial charge in [0.15, 0.2) is 0 Å². The summed E-state index contributed by atoms with van der Waals surface area (Å²) in [5.41, 5.74) is 10.6. The number of hydrogen-bond acceptors (Lipinski definition) is 0. The highest BCUT2D eigenvalue weighted by Crippen LogP contribution is 2.38. The van der Waals surface area contributed by atoms with Crippen molar-refractivity contribution in [2.24, 2.45) is 7.05 Å². The molecule has 0 amide bonds. The van der Waals surface area contributed by atoms with E-state index in [0.29, 0.717) is 0 Å². The van der Waals surface area contributed by atoms with Crippen molar-refractivity contribution in [1.82, 2.24) is 22.8 Å². The Morgan fingerprint density at radius 2 is 0.696 bits per heavy atom. The second-order valence-electron chi connectivity index (χ2n) is 12.1. The molecule has 0 atom stereocenters. The molecule has 10 rings (SSSR count). The minimum Gasteiger partial charge on any atom is -0.348 e. The molecular weight excluding hydrogens is 562 g/mol. The predicted molar refractivity (Wildman–Crippen MR) is 190 cm³/mol. The van der Waals surface area contributed by atoms with Crippen molar-refractivity contribution in [1.29, 1.82) is 0 Å². The quantitative estimate of drug-likeness (QED) is 0.195. The second-order valence-corrected chi connectivity index (χ2v) is 12.1. The molecule has 5 heterocycles. The van der Waals surface area contributed by atoms with E-state index in [1.165, 1.54) is 65.9 Å². The van der Waals surface area contributed by atoms with Crippen LogP contribution in [0.15, 0.2) is 158 Å². The van der Waals surface area contributed by atoms with E-state index in [1.807, 2.05) is 0 Å². The first kappa shape index (κ1) is 25.2. The molecule has 0 aliphatic heterocycles. The lowest BCUT2D eigenvalue weighted by Gasteiger charge is -2.04. The van der Waals surface area contributed by atoms with E-state index >= 15 is 0 Å². The van der Waals surface area contributed by atoms with E-state index in [9.17, 15) is 0 Å². The zero-order valence-electron chi connectivity index (χ0n) is 25.2. The molecule has 5 aromatic carbocycles. The van der Waals surface area contributed by atoms with Crippen LogP contribution in [-0.2, 0) is 7.05 Å². The van der Waals surface area contributed by atoms with Crippen LogP contribution in [0.4, 0.5) is 0 Å². The average Bonchev–Trinajstić information content (AvgIpc) is 3.92. The highest BCUT2D eigenvalue weighted by Gasteiger charge is 2.20. The lowest BCUT2D eigenvalue weighted by molar-refractivity contribution is 0.956. The molecule has 5 aromatic heterocycles. The first-order chi connectivity index (χ1) is 22.7. The van der Waals surface area contributed by atoms with Gasteiger partial charge in [-0.05, 0) is 41.8 Å². The molecule has 0 bridgehead atoms. The molecule has 0 unspecified atom stereocenters. The van der Waals surface area contributed by atoms with Gasteiger partial charge in [0.2, 0.25) is 0 Å². The number of fused-ring (bicyclic) bond motifs is 5. The third-order valence-electron chi connectivity index (χ3n) is 9.59. The zero-order valence-corrected chi connectivity index (χ0v) is 25.2. The van der Waals surface area contributed by atoms with Gasteiger partial charge in [-0.3, -0.25) is 0 Å². The molecule has 5 nitrogen and oxygen atoms in total. The Labute approximate surface area is 265 Å². The number of aromatic nitrogens is 5. The largest absolute Gasteiger partial charge is 0.348 e. The normalized spacial score (nSPS) is 12.0. The first-order valence-corrected chi connectivity index (χ1v) is 15.7. The summed E-state index contributed by atoms with van der Waals surface area (Å²) < 4.78 is 11.6. The molecule has 0 spiro atoms. The number of hydrogen-bond donors (Lipinski definition) is 0. The van der Waals surface area contributed by atoms with Gasteiger partial charge in [0.25, 0.3) is 0 Å². The molecule has 0 aliphatic rings. The summed E-state index contributed by atoms with van der Waals surface area (Å²) >= 11 is 0. The summed E-state index contributed by atoms with van der Waals surface area (Å²) in [5.74, 6) is 0. The molecule has 0 aliphatic carbocycles. The van der Waals surface area contributed by atoms with Gasteiger partial charge in [-0.25, -0.2) is 0 Å². The Hall–Kier alpha value is -6.20. The number of aryl methyl sites for hydroxylation is 1. The van der Waals surface area contributed by atoms with Gasteiger partial charge in [-0.2, -0.15) is 0 Å². The van der Waals surface area contributed by atoms with Crippen LogP contribution >= 0.6 is 0 Å². The molecule has 0 radical (unpaired) electrons. The molecule has 0 N–H and O–H groups in total. The summed E-state index contributed by atoms with van der Waals surface area (Å²) in [7, 11) is 2.12. The van der Waals surface area contributed by atoms with Crippen LogP contribution in [0.2, 0.25) is 0 Å². The minimum absolute atomic E-state index is 1.15. The number of para-hydroxylation sites is 5. The minimum atomic E-state index is 1.15. The molecule has 0 saturated carbocycles. The van der Waals surface area contributed by atoms with Crippen molar-refractivity contribution in [2.75, 3.05) is 0 Å². The third-order valence-corrected chi connectivity index (χ3v) is 9.59. The van der Waals surface area contributed by atoms with Crippen LogP contribution in [-0.4, -0.2) is 22.8 Å². The Morgan fingerprint density at radius 3 is 1.22 bits per heavy atom. The van der Waals surface area contributed by atoms with E-state index in [4.69, 9.17) is 0 Å². The third kappa shape index (κ3) is 3.45. The number of nitrogens with zero attached hydrogens (tertiary/aromatic N) is 5. The Kier molecular flexibility index (Phi) is 5.14. The molecule has 0 saturated heterocycles. The predicted octanol–water partition coefficient (Wildman–Crippen LogP) is 9.95. The Bertz CT molecular complexity index is 2780. The van der Waals surface area contributed by atoms with Crippen LogP contribution in [0, 0.1) is 0 Å². The fourth-order valence-corrected chi connectivity index (χ4v) is 7.46. The van der Waals surface area contributed by atoms with E-state index in [-0.39, 0.29) is 0 Å². The molecular formula is C41H29N5. The lowest BCUT2D eigenvalue weighted by Crippen LogP contribution is -1.93. The van der Waals surface area contributed by atoms with Gasteiger partial charge >= 0.3 is 0 Å². The van der Waals surface area contributed by atoms with Crippen molar-refractivity contribution in [3.63, 3.8) is 0 Å². The van der Waals surface area contributed by atoms with Gasteiger partial charge in [0.1, 0.15) is 0 Å². The van der Waals surface area contributed by atoms with Crippen molar-refractivity contribution in [2.45, 2.75) is 0 Å². The van der Waals surface area contributed by atoms with Crippen LogP contribution in [0.5, 0.6) is 0 Å². The van der Waals surface area contributed by atoms with Crippen LogP contribution in [0.25, 0.3) is 77.3 Å². The molecule has 5 heteroatoms. The van der Waals surface area contributed by atoms with Crippen molar-refractivity contribution in [3.8, 4) is 22.7 Å². The second kappa shape index (κ2) is 9.40. The Balaban J connectivity index is 1.23. The highest BCUT2D eigenvalue weighted by molar-refractivity contribution is 6.00. The van der Waals surface area contributed by atoms with E-state index in [2.05, 4.69) is 188 Å². The first-order valence-electron chi connectivity index (χ1n) is 15.7. The maximum absolute atomic E-state index is 2.37. The lowest BCUT2D eigenvalue weighted by atomic mass is 10.2. The topological polar surface area (TPSA) is 24.6 Å². The summed E-state index contributed by atoms with van der Waals surface area (Å²) in [6.07, 6.45) is 11.3. The SMILES string of the molecule is Cn1cc(-n2cc(-n3cc(-n4cc(-n5ccc6ccccc65)c5ccccc54)c4ccccc43)c3ccccc32)c2ccccc21. The van der Waals surface area contributed by atoms with Crippen molar-refractivity contribution >= 4 is 54.5 Å². The zero-order chi connectivity index (χ0) is 30.4. The van der Waals surface area contributed by atoms with Crippen molar-refractivity contribution in [3.05, 3.63) is 158 Å². The number of benzene rings is 5. The maximum Gasteiger partial charge on any atom is 0.0716 e. The summed E-state index contributed by atoms with van der Waals surface area (Å²) in [6, 6.07) is 45.6. The fraction of sp³-hybridized carbons (Fsp3) is 0.0244. The fourth-order valence-electron chi connectivity index (χ4n) is 7.46. The molecule has 218 valence electrons. The average molecular weight is 592 g/mol. The van der Waals surface area contributed by atoms with Crippen molar-refractivity contribution < 1.29 is 0 Å². The highest BCUT2D eigenvalue weighted by atomic mass is 15.1. The van der Waals surface area contributed by atoms with Gasteiger partial charge in [-0.1, -0.05) is 91.0 Å². The van der Waals surface area contributed by atoms with E-state index < -0.39 is 0 Å². The van der Waals surface area contributed by atoms with Gasteiger partial charge in [0.05, 0.1) is 44.8 Å². The van der Waals surface area contributed by atoms with Crippen LogP contribution in [0.1, 0.15) is 0 Å². The van der Waals surface area contributed by atoms with Crippen LogP contribution in [0.3, 0.4) is 0 Å². The monoisotopic (exact) mass is 591 g/mol. The smallest absolute Gasteiger partial charge is 0.0716 e. The Morgan fingerprint density at radius 1 is 0.326 bits per heavy atom. The van der Waals surface area contributed by atoms with Gasteiger partial charge < -0.3 is 22.8 Å². The summed E-state index contributed by atoms with van der Waals surface area (Å²) in [6.45, 7) is 0. The van der Waals surface area contributed by atoms with E-state index in [1.54, 1.807) is 0 Å². The van der Waals surface area contributed by atoms with Gasteiger partial charge in [0, 0.05) is 65.1 Å². The van der Waals surface area contributed by atoms with Crippen LogP contribution < -0.4 is 0 Å². The summed E-state index contributed by atoms with van der Waals surface area (Å²) in [5, 5.41) is 6.10. The summed E-state index contributed by atoms with van der Waals surface area (Å²) in [4.78, 5) is 0. The molecule has 10 aromatic rings. The molecule has 46 heavy (non-hydrogen) atoms. The number of rotatable bonds is 4. The molecule has 0 fully saturated rings. The maximum atomic E-state index is 2.37. The standard InChI is InChI=1S/C41H29N5/c1-42-24-38(29-13-3-8-18-34(29)42)44-26-40(31-15-5-10-20-36(31)44)46-27-41(32-16-6-11-21-37(32)46)45-25-39(30-14-4-9-19-35(30)45)43-23-22-28-12-2-7-17-33(28)43/h2-27H,1H3. The van der Waals surface area contributed by atoms with Gasteiger partial charge in [-0.15, -0.1) is 0 Å².